The lowest BCUT2D eigenvalue weighted by Crippen LogP contribution is -2.38. The summed E-state index contributed by atoms with van der Waals surface area (Å²) >= 11 is 0. The fourth-order valence-corrected chi connectivity index (χ4v) is 2.30. The van der Waals surface area contributed by atoms with Crippen LogP contribution in [0, 0.1) is 12.7 Å². The highest BCUT2D eigenvalue weighted by Gasteiger charge is 2.23. The van der Waals surface area contributed by atoms with Crippen molar-refractivity contribution in [2.75, 3.05) is 13.2 Å². The van der Waals surface area contributed by atoms with Crippen LogP contribution in [0.1, 0.15) is 30.0 Å². The third-order valence-electron chi connectivity index (χ3n) is 3.32. The van der Waals surface area contributed by atoms with Gasteiger partial charge in [-0.3, -0.25) is 10.1 Å². The molecule has 0 aliphatic carbocycles. The van der Waals surface area contributed by atoms with Gasteiger partial charge in [-0.15, -0.1) is 0 Å². The van der Waals surface area contributed by atoms with E-state index in [0.717, 1.165) is 25.0 Å². The number of aryl methyl sites for hydroxylation is 1. The van der Waals surface area contributed by atoms with Crippen LogP contribution in [-0.2, 0) is 9.53 Å². The van der Waals surface area contributed by atoms with E-state index in [9.17, 15) is 9.18 Å². The maximum absolute atomic E-state index is 13.8. The van der Waals surface area contributed by atoms with Crippen LogP contribution in [0.25, 0.3) is 0 Å². The predicted molar refractivity (Wildman–Crippen MR) is 70.0 cm³/mol. The summed E-state index contributed by atoms with van der Waals surface area (Å²) in [6.07, 6.45) is 2.05. The highest BCUT2D eigenvalue weighted by atomic mass is 19.1. The normalized spacial score (nSPS) is 20.4. The van der Waals surface area contributed by atoms with Crippen LogP contribution in [0.3, 0.4) is 0 Å². The molecule has 2 atom stereocenters. The molecule has 1 aliphatic heterocycles. The number of primary amides is 1. The van der Waals surface area contributed by atoms with E-state index in [1.807, 2.05) is 6.92 Å². The Morgan fingerprint density at radius 1 is 1.63 bits per heavy atom. The average Bonchev–Trinajstić information content (AvgIpc) is 2.86. The molecule has 1 heterocycles. The summed E-state index contributed by atoms with van der Waals surface area (Å²) in [5.41, 5.74) is 6.55. The van der Waals surface area contributed by atoms with Crippen molar-refractivity contribution < 1.29 is 13.9 Å². The smallest absolute Gasteiger partial charge is 0.239 e. The maximum atomic E-state index is 13.8. The van der Waals surface area contributed by atoms with E-state index >= 15 is 0 Å². The molecular formula is C14H19FN2O2. The molecule has 1 aliphatic rings. The number of nitrogens with one attached hydrogen (secondary N) is 1. The van der Waals surface area contributed by atoms with E-state index in [4.69, 9.17) is 10.5 Å². The lowest BCUT2D eigenvalue weighted by Gasteiger charge is -2.19. The van der Waals surface area contributed by atoms with E-state index < -0.39 is 17.8 Å². The second kappa shape index (κ2) is 6.12. The Morgan fingerprint density at radius 2 is 2.42 bits per heavy atom. The topological polar surface area (TPSA) is 64.3 Å². The summed E-state index contributed by atoms with van der Waals surface area (Å²) in [7, 11) is 0. The van der Waals surface area contributed by atoms with Crippen molar-refractivity contribution in [2.24, 2.45) is 5.73 Å². The second-order valence-electron chi connectivity index (χ2n) is 4.90. The number of carbonyl (C=O) groups excluding carboxylic acids is 1. The summed E-state index contributed by atoms with van der Waals surface area (Å²) in [6, 6.07) is 3.85. The number of amides is 1. The molecular weight excluding hydrogens is 247 g/mol. The summed E-state index contributed by atoms with van der Waals surface area (Å²) < 4.78 is 19.3. The Balaban J connectivity index is 2.10. The fraction of sp³-hybridized carbons (Fsp3) is 0.500. The van der Waals surface area contributed by atoms with Gasteiger partial charge in [0.25, 0.3) is 0 Å². The first-order valence-electron chi connectivity index (χ1n) is 6.48. The van der Waals surface area contributed by atoms with E-state index in [-0.39, 0.29) is 6.10 Å². The van der Waals surface area contributed by atoms with Crippen molar-refractivity contribution in [3.05, 3.63) is 35.1 Å². The highest BCUT2D eigenvalue weighted by molar-refractivity contribution is 5.81. The zero-order chi connectivity index (χ0) is 13.8. The molecule has 4 nitrogen and oxygen atoms in total. The number of ether oxygens (including phenoxy) is 1. The SMILES string of the molecule is Cc1ccc(F)c(C(NCC2CCCO2)C(N)=O)c1. The van der Waals surface area contributed by atoms with Gasteiger partial charge in [0.15, 0.2) is 0 Å². The van der Waals surface area contributed by atoms with Crippen LogP contribution >= 0.6 is 0 Å². The largest absolute Gasteiger partial charge is 0.377 e. The van der Waals surface area contributed by atoms with Gasteiger partial charge in [-0.1, -0.05) is 17.7 Å². The van der Waals surface area contributed by atoms with Gasteiger partial charge < -0.3 is 10.5 Å². The number of carbonyl (C=O) groups is 1. The first kappa shape index (κ1) is 14.0. The lowest BCUT2D eigenvalue weighted by atomic mass is 10.0. The summed E-state index contributed by atoms with van der Waals surface area (Å²) in [5.74, 6) is -1.00. The van der Waals surface area contributed by atoms with Crippen molar-refractivity contribution in [1.29, 1.82) is 0 Å². The molecule has 0 radical (unpaired) electrons. The van der Waals surface area contributed by atoms with Crippen LogP contribution < -0.4 is 11.1 Å². The van der Waals surface area contributed by atoms with Crippen molar-refractivity contribution >= 4 is 5.91 Å². The van der Waals surface area contributed by atoms with Gasteiger partial charge in [0.2, 0.25) is 5.91 Å². The van der Waals surface area contributed by atoms with Gasteiger partial charge in [0.1, 0.15) is 11.9 Å². The van der Waals surface area contributed by atoms with Gasteiger partial charge in [-0.2, -0.15) is 0 Å². The van der Waals surface area contributed by atoms with Gasteiger partial charge in [0, 0.05) is 18.7 Å². The molecule has 0 spiro atoms. The molecule has 1 fully saturated rings. The summed E-state index contributed by atoms with van der Waals surface area (Å²) in [4.78, 5) is 11.5. The molecule has 2 unspecified atom stereocenters. The zero-order valence-electron chi connectivity index (χ0n) is 11.0. The van der Waals surface area contributed by atoms with Gasteiger partial charge >= 0.3 is 0 Å². The number of halogens is 1. The minimum atomic E-state index is -0.816. The van der Waals surface area contributed by atoms with Crippen LogP contribution in [0.4, 0.5) is 4.39 Å². The summed E-state index contributed by atoms with van der Waals surface area (Å²) in [6.45, 7) is 3.09. The number of hydrogen-bond donors (Lipinski definition) is 2. The fourth-order valence-electron chi connectivity index (χ4n) is 2.30. The molecule has 3 N–H and O–H groups in total. The average molecular weight is 266 g/mol. The van der Waals surface area contributed by atoms with Crippen LogP contribution in [0.15, 0.2) is 18.2 Å². The molecule has 0 saturated carbocycles. The molecule has 1 amide bonds. The minimum absolute atomic E-state index is 0.0784. The number of nitrogens with two attached hydrogens (primary N) is 1. The molecule has 19 heavy (non-hydrogen) atoms. The highest BCUT2D eigenvalue weighted by Crippen LogP contribution is 2.19. The Morgan fingerprint density at radius 3 is 3.05 bits per heavy atom. The third kappa shape index (κ3) is 3.52. The van der Waals surface area contributed by atoms with Crippen molar-refractivity contribution in [1.82, 2.24) is 5.32 Å². The standard InChI is InChI=1S/C14H19FN2O2/c1-9-4-5-12(15)11(7-9)13(14(16)18)17-8-10-3-2-6-19-10/h4-5,7,10,13,17H,2-3,6,8H2,1H3,(H2,16,18). The Hall–Kier alpha value is -1.46. The van der Waals surface area contributed by atoms with Gasteiger partial charge in [-0.05, 0) is 25.8 Å². The molecule has 1 saturated heterocycles. The number of benzene rings is 1. The second-order valence-corrected chi connectivity index (χ2v) is 4.90. The van der Waals surface area contributed by atoms with E-state index in [2.05, 4.69) is 5.32 Å². The minimum Gasteiger partial charge on any atom is -0.377 e. The number of rotatable bonds is 5. The third-order valence-corrected chi connectivity index (χ3v) is 3.32. The van der Waals surface area contributed by atoms with Gasteiger partial charge in [0.05, 0.1) is 6.10 Å². The van der Waals surface area contributed by atoms with Crippen LogP contribution in [0.2, 0.25) is 0 Å². The molecule has 2 rings (SSSR count). The first-order chi connectivity index (χ1) is 9.08. The summed E-state index contributed by atoms with van der Waals surface area (Å²) in [5, 5.41) is 3.01. The van der Waals surface area contributed by atoms with E-state index in [0.29, 0.717) is 12.1 Å². The molecule has 104 valence electrons. The monoisotopic (exact) mass is 266 g/mol. The first-order valence-corrected chi connectivity index (χ1v) is 6.48. The Labute approximate surface area is 112 Å². The zero-order valence-corrected chi connectivity index (χ0v) is 11.0. The van der Waals surface area contributed by atoms with E-state index in [1.54, 1.807) is 12.1 Å². The molecule has 0 bridgehead atoms. The maximum Gasteiger partial charge on any atom is 0.239 e. The lowest BCUT2D eigenvalue weighted by molar-refractivity contribution is -0.120. The van der Waals surface area contributed by atoms with Crippen LogP contribution in [-0.4, -0.2) is 25.2 Å². The Kier molecular flexibility index (Phi) is 4.50. The van der Waals surface area contributed by atoms with Crippen molar-refractivity contribution in [3.8, 4) is 0 Å². The molecule has 1 aromatic carbocycles. The quantitative estimate of drug-likeness (QED) is 0.847. The number of hydrogen-bond acceptors (Lipinski definition) is 3. The van der Waals surface area contributed by atoms with Crippen molar-refractivity contribution in [3.63, 3.8) is 0 Å². The van der Waals surface area contributed by atoms with Crippen LogP contribution in [0.5, 0.6) is 0 Å². The molecule has 1 aromatic rings. The van der Waals surface area contributed by atoms with E-state index in [1.165, 1.54) is 6.07 Å². The molecule has 0 aromatic heterocycles. The van der Waals surface area contributed by atoms with Crippen molar-refractivity contribution in [2.45, 2.75) is 31.9 Å². The Bertz CT molecular complexity index is 459. The predicted octanol–water partition coefficient (Wildman–Crippen LogP) is 1.43. The molecule has 5 heteroatoms. The van der Waals surface area contributed by atoms with Gasteiger partial charge in [-0.25, -0.2) is 4.39 Å².